The molecule has 0 amide bonds. The second-order valence-corrected chi connectivity index (χ2v) is 6.22. The van der Waals surface area contributed by atoms with Gasteiger partial charge in [-0.2, -0.15) is 5.10 Å². The van der Waals surface area contributed by atoms with E-state index in [0.29, 0.717) is 23.0 Å². The fraction of sp³-hybridized carbons (Fsp3) is 0.278. The lowest BCUT2D eigenvalue weighted by Crippen LogP contribution is -2.01. The average Bonchev–Trinajstić information content (AvgIpc) is 3.32. The van der Waals surface area contributed by atoms with E-state index in [4.69, 9.17) is 4.74 Å². The molecule has 1 aliphatic carbocycles. The maximum Gasteiger partial charge on any atom is 0.227 e. The Morgan fingerprint density at radius 2 is 2.12 bits per heavy atom. The molecule has 1 saturated carbocycles. The van der Waals surface area contributed by atoms with E-state index in [0.717, 1.165) is 24.1 Å². The van der Waals surface area contributed by atoms with Crippen LogP contribution in [-0.2, 0) is 7.05 Å². The van der Waals surface area contributed by atoms with Crippen molar-refractivity contribution in [3.63, 3.8) is 0 Å². The molecule has 25 heavy (non-hydrogen) atoms. The Kier molecular flexibility index (Phi) is 3.83. The minimum absolute atomic E-state index is 0.163. The van der Waals surface area contributed by atoms with Gasteiger partial charge in [0.05, 0.1) is 23.7 Å². The van der Waals surface area contributed by atoms with Crippen molar-refractivity contribution in [2.45, 2.75) is 25.9 Å². The number of anilines is 2. The Bertz CT molecular complexity index is 920. The first-order chi connectivity index (χ1) is 12.1. The SMILES string of the molecule is Cc1cnc(Nc2cnn(C)c2)nc1-c1ccc(OC2CC2)c(F)c1. The van der Waals surface area contributed by atoms with Crippen LogP contribution in [0, 0.1) is 12.7 Å². The summed E-state index contributed by atoms with van der Waals surface area (Å²) in [5.74, 6) is 0.364. The van der Waals surface area contributed by atoms with Gasteiger partial charge in [0.25, 0.3) is 0 Å². The van der Waals surface area contributed by atoms with Gasteiger partial charge in [0.1, 0.15) is 0 Å². The van der Waals surface area contributed by atoms with E-state index >= 15 is 0 Å². The molecule has 7 heteroatoms. The van der Waals surface area contributed by atoms with Crippen molar-refractivity contribution in [3.8, 4) is 17.0 Å². The molecule has 1 aliphatic rings. The minimum Gasteiger partial charge on any atom is -0.487 e. The molecule has 1 N–H and O–H groups in total. The highest BCUT2D eigenvalue weighted by atomic mass is 19.1. The predicted octanol–water partition coefficient (Wildman–Crippen LogP) is 3.61. The van der Waals surface area contributed by atoms with Crippen molar-refractivity contribution in [3.05, 3.63) is 48.2 Å². The van der Waals surface area contributed by atoms with Gasteiger partial charge in [0, 0.05) is 25.0 Å². The summed E-state index contributed by atoms with van der Waals surface area (Å²) in [5, 5.41) is 7.19. The second-order valence-electron chi connectivity index (χ2n) is 6.22. The molecule has 1 aromatic carbocycles. The summed E-state index contributed by atoms with van der Waals surface area (Å²) in [7, 11) is 1.83. The molecule has 0 atom stereocenters. The zero-order chi connectivity index (χ0) is 17.4. The highest BCUT2D eigenvalue weighted by molar-refractivity contribution is 5.65. The van der Waals surface area contributed by atoms with Crippen LogP contribution in [0.1, 0.15) is 18.4 Å². The molecule has 0 aliphatic heterocycles. The van der Waals surface area contributed by atoms with Gasteiger partial charge in [0.2, 0.25) is 5.95 Å². The molecular weight excluding hydrogens is 321 g/mol. The number of halogens is 1. The lowest BCUT2D eigenvalue weighted by atomic mass is 10.1. The smallest absolute Gasteiger partial charge is 0.227 e. The van der Waals surface area contributed by atoms with Gasteiger partial charge in [-0.15, -0.1) is 0 Å². The number of aromatic nitrogens is 4. The van der Waals surface area contributed by atoms with Crippen molar-refractivity contribution in [1.29, 1.82) is 0 Å². The third-order valence-electron chi connectivity index (χ3n) is 3.96. The molecule has 1 fully saturated rings. The number of rotatable bonds is 5. The quantitative estimate of drug-likeness (QED) is 0.769. The fourth-order valence-electron chi connectivity index (χ4n) is 2.52. The molecule has 0 bridgehead atoms. The van der Waals surface area contributed by atoms with Crippen LogP contribution in [0.15, 0.2) is 36.8 Å². The van der Waals surface area contributed by atoms with Gasteiger partial charge in [0.15, 0.2) is 11.6 Å². The fourth-order valence-corrected chi connectivity index (χ4v) is 2.52. The Labute approximate surface area is 144 Å². The summed E-state index contributed by atoms with van der Waals surface area (Å²) < 4.78 is 21.5. The van der Waals surface area contributed by atoms with E-state index < -0.39 is 0 Å². The van der Waals surface area contributed by atoms with Crippen molar-refractivity contribution in [2.75, 3.05) is 5.32 Å². The first kappa shape index (κ1) is 15.6. The molecule has 128 valence electrons. The molecule has 2 heterocycles. The maximum atomic E-state index is 14.3. The lowest BCUT2D eigenvalue weighted by molar-refractivity contribution is 0.287. The monoisotopic (exact) mass is 339 g/mol. The molecular formula is C18H18FN5O. The van der Waals surface area contributed by atoms with Crippen LogP contribution in [-0.4, -0.2) is 25.9 Å². The number of nitrogens with one attached hydrogen (secondary N) is 1. The van der Waals surface area contributed by atoms with Crippen LogP contribution in [0.2, 0.25) is 0 Å². The number of hydrogen-bond donors (Lipinski definition) is 1. The Balaban J connectivity index is 1.62. The van der Waals surface area contributed by atoms with Crippen molar-refractivity contribution in [1.82, 2.24) is 19.7 Å². The van der Waals surface area contributed by atoms with Crippen LogP contribution in [0.25, 0.3) is 11.3 Å². The van der Waals surface area contributed by atoms with Crippen LogP contribution in [0.3, 0.4) is 0 Å². The lowest BCUT2D eigenvalue weighted by Gasteiger charge is -2.10. The second kappa shape index (κ2) is 6.16. The molecule has 2 aromatic heterocycles. The average molecular weight is 339 g/mol. The molecule has 0 spiro atoms. The first-order valence-corrected chi connectivity index (χ1v) is 8.14. The van der Waals surface area contributed by atoms with E-state index in [9.17, 15) is 4.39 Å². The van der Waals surface area contributed by atoms with Crippen molar-refractivity contribution < 1.29 is 9.13 Å². The van der Waals surface area contributed by atoms with Gasteiger partial charge in [-0.25, -0.2) is 14.4 Å². The van der Waals surface area contributed by atoms with Gasteiger partial charge in [-0.05, 0) is 43.5 Å². The highest BCUT2D eigenvalue weighted by Crippen LogP contribution is 2.31. The molecule has 0 radical (unpaired) electrons. The predicted molar refractivity (Wildman–Crippen MR) is 92.3 cm³/mol. The Hall–Kier alpha value is -2.96. The summed E-state index contributed by atoms with van der Waals surface area (Å²) in [5.41, 5.74) is 3.02. The van der Waals surface area contributed by atoms with Crippen LogP contribution < -0.4 is 10.1 Å². The third-order valence-corrected chi connectivity index (χ3v) is 3.96. The summed E-state index contributed by atoms with van der Waals surface area (Å²) >= 11 is 0. The molecule has 4 rings (SSSR count). The topological polar surface area (TPSA) is 64.9 Å². The number of hydrogen-bond acceptors (Lipinski definition) is 5. The first-order valence-electron chi connectivity index (χ1n) is 8.14. The van der Waals surface area contributed by atoms with Gasteiger partial charge in [-0.3, -0.25) is 4.68 Å². The number of aryl methyl sites for hydroxylation is 2. The van der Waals surface area contributed by atoms with E-state index in [2.05, 4.69) is 20.4 Å². The number of benzene rings is 1. The van der Waals surface area contributed by atoms with Crippen molar-refractivity contribution >= 4 is 11.6 Å². The molecule has 6 nitrogen and oxygen atoms in total. The van der Waals surface area contributed by atoms with Gasteiger partial charge >= 0.3 is 0 Å². The van der Waals surface area contributed by atoms with Gasteiger partial charge in [-0.1, -0.05) is 0 Å². The third kappa shape index (κ3) is 3.45. The Morgan fingerprint density at radius 3 is 2.80 bits per heavy atom. The van der Waals surface area contributed by atoms with Crippen LogP contribution in [0.5, 0.6) is 5.75 Å². The summed E-state index contributed by atoms with van der Waals surface area (Å²) in [6, 6.07) is 4.95. The van der Waals surface area contributed by atoms with Crippen LogP contribution in [0.4, 0.5) is 16.0 Å². The molecule has 3 aromatic rings. The number of nitrogens with zero attached hydrogens (tertiary/aromatic N) is 4. The normalized spacial score (nSPS) is 13.7. The molecule has 0 saturated heterocycles. The molecule has 0 unspecified atom stereocenters. The Morgan fingerprint density at radius 1 is 1.28 bits per heavy atom. The minimum atomic E-state index is -0.371. The summed E-state index contributed by atoms with van der Waals surface area (Å²) in [6.07, 6.45) is 7.38. The van der Waals surface area contributed by atoms with Crippen molar-refractivity contribution in [2.24, 2.45) is 7.05 Å². The zero-order valence-corrected chi connectivity index (χ0v) is 14.0. The van der Waals surface area contributed by atoms with E-state index in [1.54, 1.807) is 23.1 Å². The van der Waals surface area contributed by atoms with E-state index in [1.165, 1.54) is 6.07 Å². The summed E-state index contributed by atoms with van der Waals surface area (Å²) in [6.45, 7) is 1.90. The zero-order valence-electron chi connectivity index (χ0n) is 14.0. The highest BCUT2D eigenvalue weighted by Gasteiger charge is 2.25. The number of ether oxygens (including phenoxy) is 1. The van der Waals surface area contributed by atoms with E-state index in [-0.39, 0.29) is 11.9 Å². The largest absolute Gasteiger partial charge is 0.487 e. The van der Waals surface area contributed by atoms with Gasteiger partial charge < -0.3 is 10.1 Å². The van der Waals surface area contributed by atoms with E-state index in [1.807, 2.05) is 26.2 Å². The standard InChI is InChI=1S/C18H18FN5O/c1-11-8-20-18(22-13-9-21-24(2)10-13)23-17(11)12-3-6-16(15(19)7-12)25-14-4-5-14/h3,6-10,14H,4-5H2,1-2H3,(H,20,22,23). The maximum absolute atomic E-state index is 14.3. The van der Waals surface area contributed by atoms with Crippen LogP contribution >= 0.6 is 0 Å². The summed E-state index contributed by atoms with van der Waals surface area (Å²) in [4.78, 5) is 8.80.